The summed E-state index contributed by atoms with van der Waals surface area (Å²) in [4.78, 5) is 3.66. The van der Waals surface area contributed by atoms with Crippen molar-refractivity contribution in [2.45, 2.75) is 0 Å². The molecule has 7 heavy (non-hydrogen) atoms. The van der Waals surface area contributed by atoms with E-state index < -0.39 is 0 Å². The maximum Gasteiger partial charge on any atom is 0.235 e. The van der Waals surface area contributed by atoms with Crippen molar-refractivity contribution in [3.63, 3.8) is 0 Å². The summed E-state index contributed by atoms with van der Waals surface area (Å²) in [6, 6.07) is 0. The van der Waals surface area contributed by atoms with E-state index in [4.69, 9.17) is 7.98 Å². The first-order valence-electron chi connectivity index (χ1n) is 1.62. The van der Waals surface area contributed by atoms with Gasteiger partial charge >= 0.3 is 0 Å². The molecule has 0 fully saturated rings. The van der Waals surface area contributed by atoms with Crippen LogP contribution in [0.1, 0.15) is 0 Å². The molecular formula is C3H6BN3. The van der Waals surface area contributed by atoms with Gasteiger partial charge in [-0.1, -0.05) is 0 Å². The summed E-state index contributed by atoms with van der Waals surface area (Å²) >= 11 is 0. The third kappa shape index (κ3) is 1.41. The molecule has 0 aliphatic carbocycles. The van der Waals surface area contributed by atoms with Crippen LogP contribution in [0.25, 0.3) is 0 Å². The zero-order valence-corrected chi connectivity index (χ0v) is 3.91. The molecule has 4 heteroatoms. The largest absolute Gasteiger partial charge is 0.394 e. The Balaban J connectivity index is 0.000000360. The minimum Gasteiger partial charge on any atom is -0.394 e. The third-order valence-electron chi connectivity index (χ3n) is 0.525. The van der Waals surface area contributed by atoms with Gasteiger partial charge in [-0.2, -0.15) is 0 Å². The van der Waals surface area contributed by atoms with Crippen LogP contribution in [0.2, 0.25) is 0 Å². The second kappa shape index (κ2) is 2.42. The molecule has 0 atom stereocenters. The van der Waals surface area contributed by atoms with Crippen LogP contribution in [0, 0.1) is 0 Å². The highest BCUT2D eigenvalue weighted by atomic mass is 14.9. The van der Waals surface area contributed by atoms with E-state index in [9.17, 15) is 0 Å². The van der Waals surface area contributed by atoms with Gasteiger partial charge in [0, 0.05) is 12.4 Å². The molecule has 2 radical (unpaired) electrons. The van der Waals surface area contributed by atoms with Crippen LogP contribution in [0.5, 0.6) is 0 Å². The van der Waals surface area contributed by atoms with Crippen molar-refractivity contribution in [2.24, 2.45) is 0 Å². The zero-order valence-electron chi connectivity index (χ0n) is 3.91. The standard InChI is InChI=1S/C3H3BN2.H3N/c4-6-2-1-5-3-6;/h1-3H;1H3. The van der Waals surface area contributed by atoms with Crippen molar-refractivity contribution >= 4 is 7.98 Å². The molecule has 1 rings (SSSR count). The van der Waals surface area contributed by atoms with Crippen molar-refractivity contribution in [3.05, 3.63) is 18.7 Å². The van der Waals surface area contributed by atoms with E-state index in [0.717, 1.165) is 0 Å². The zero-order chi connectivity index (χ0) is 4.41. The van der Waals surface area contributed by atoms with Gasteiger partial charge < -0.3 is 10.6 Å². The van der Waals surface area contributed by atoms with Crippen LogP contribution >= 0.6 is 0 Å². The maximum atomic E-state index is 5.13. The predicted octanol–water partition coefficient (Wildman–Crippen LogP) is -0.0233. The number of nitrogens with zero attached hydrogens (tertiary/aromatic N) is 2. The molecular weight excluding hydrogens is 88.9 g/mol. The van der Waals surface area contributed by atoms with E-state index in [0.29, 0.717) is 0 Å². The first-order chi connectivity index (χ1) is 2.89. The Hall–Kier alpha value is -0.765. The molecule has 0 amide bonds. The highest BCUT2D eigenvalue weighted by Gasteiger charge is 1.69. The predicted molar refractivity (Wildman–Crippen MR) is 28.4 cm³/mol. The molecule has 0 unspecified atom stereocenters. The molecule has 0 spiro atoms. The summed E-state index contributed by atoms with van der Waals surface area (Å²) < 4.78 is 1.39. The van der Waals surface area contributed by atoms with Gasteiger partial charge in [0.15, 0.2) is 0 Å². The second-order valence-electron chi connectivity index (χ2n) is 1.01. The Morgan fingerprint density at radius 1 is 1.57 bits per heavy atom. The molecule has 0 saturated carbocycles. The van der Waals surface area contributed by atoms with Crippen molar-refractivity contribution in [3.8, 4) is 0 Å². The second-order valence-corrected chi connectivity index (χ2v) is 1.01. The summed E-state index contributed by atoms with van der Waals surface area (Å²) in [5.41, 5.74) is 0. The topological polar surface area (TPSA) is 52.8 Å². The van der Waals surface area contributed by atoms with E-state index in [1.807, 2.05) is 0 Å². The van der Waals surface area contributed by atoms with Crippen LogP contribution in [0.4, 0.5) is 0 Å². The molecule has 3 N–H and O–H groups in total. The minimum absolute atomic E-state index is 0. The lowest BCUT2D eigenvalue weighted by molar-refractivity contribution is 1.21. The highest BCUT2D eigenvalue weighted by molar-refractivity contribution is 6.06. The summed E-state index contributed by atoms with van der Waals surface area (Å²) in [5, 5.41) is 0. The van der Waals surface area contributed by atoms with Gasteiger partial charge in [-0.15, -0.1) is 0 Å². The van der Waals surface area contributed by atoms with Crippen molar-refractivity contribution in [1.82, 2.24) is 15.6 Å². The third-order valence-corrected chi connectivity index (χ3v) is 0.525. The quantitative estimate of drug-likeness (QED) is 0.460. The minimum atomic E-state index is 0. The molecule has 3 nitrogen and oxygen atoms in total. The molecule has 0 bridgehead atoms. The van der Waals surface area contributed by atoms with Crippen LogP contribution in [-0.2, 0) is 0 Å². The molecule has 0 saturated heterocycles. The number of aromatic nitrogens is 2. The monoisotopic (exact) mass is 95.1 g/mol. The van der Waals surface area contributed by atoms with Crippen molar-refractivity contribution in [2.75, 3.05) is 0 Å². The lowest BCUT2D eigenvalue weighted by Crippen LogP contribution is -1.81. The fourth-order valence-corrected chi connectivity index (χ4v) is 0.269. The number of imidazole rings is 1. The summed E-state index contributed by atoms with van der Waals surface area (Å²) in [6.07, 6.45) is 4.82. The first-order valence-corrected chi connectivity index (χ1v) is 1.62. The average Bonchev–Trinajstić information content (AvgIpc) is 1.86. The van der Waals surface area contributed by atoms with Crippen LogP contribution in [0.15, 0.2) is 18.7 Å². The smallest absolute Gasteiger partial charge is 0.235 e. The van der Waals surface area contributed by atoms with Gasteiger partial charge in [0.2, 0.25) is 7.98 Å². The van der Waals surface area contributed by atoms with Crippen LogP contribution in [-0.4, -0.2) is 17.4 Å². The van der Waals surface area contributed by atoms with Crippen LogP contribution < -0.4 is 6.15 Å². The van der Waals surface area contributed by atoms with E-state index in [1.54, 1.807) is 12.4 Å². The lowest BCUT2D eigenvalue weighted by Gasteiger charge is -1.76. The summed E-state index contributed by atoms with van der Waals surface area (Å²) in [6.45, 7) is 0. The lowest BCUT2D eigenvalue weighted by atomic mass is 10.4. The van der Waals surface area contributed by atoms with Gasteiger partial charge in [-0.05, 0) is 0 Å². The molecule has 0 aliphatic heterocycles. The van der Waals surface area contributed by atoms with Gasteiger partial charge in [0.05, 0.1) is 6.33 Å². The maximum absolute atomic E-state index is 5.13. The molecule has 0 aliphatic rings. The Bertz CT molecular complexity index is 114. The van der Waals surface area contributed by atoms with Gasteiger partial charge in [0.1, 0.15) is 0 Å². The Kier molecular flexibility index (Phi) is 2.15. The normalized spacial score (nSPS) is 7.43. The van der Waals surface area contributed by atoms with E-state index >= 15 is 0 Å². The Morgan fingerprint density at radius 3 is 2.43 bits per heavy atom. The number of hydrogen-bond acceptors (Lipinski definition) is 2. The van der Waals surface area contributed by atoms with Crippen LogP contribution in [0.3, 0.4) is 0 Å². The number of rotatable bonds is 0. The van der Waals surface area contributed by atoms with E-state index in [2.05, 4.69) is 4.98 Å². The van der Waals surface area contributed by atoms with E-state index in [-0.39, 0.29) is 6.15 Å². The summed E-state index contributed by atoms with van der Waals surface area (Å²) in [5.74, 6) is 0. The van der Waals surface area contributed by atoms with Crippen molar-refractivity contribution in [1.29, 1.82) is 0 Å². The fourth-order valence-electron chi connectivity index (χ4n) is 0.269. The molecule has 1 aromatic rings. The molecule has 0 aromatic carbocycles. The Morgan fingerprint density at radius 2 is 2.29 bits per heavy atom. The van der Waals surface area contributed by atoms with Crippen molar-refractivity contribution < 1.29 is 0 Å². The first kappa shape index (κ1) is 6.23. The fraction of sp³-hybridized carbons (Fsp3) is 0. The highest BCUT2D eigenvalue weighted by Crippen LogP contribution is 1.72. The molecule has 1 heterocycles. The van der Waals surface area contributed by atoms with Gasteiger partial charge in [-0.25, -0.2) is 4.98 Å². The van der Waals surface area contributed by atoms with E-state index in [1.165, 1.54) is 10.8 Å². The SMILES string of the molecule is N.[B]n1ccnc1. The van der Waals surface area contributed by atoms with Gasteiger partial charge in [0.25, 0.3) is 0 Å². The molecule has 1 aromatic heterocycles. The summed E-state index contributed by atoms with van der Waals surface area (Å²) in [7, 11) is 5.13. The molecule has 36 valence electrons. The van der Waals surface area contributed by atoms with Gasteiger partial charge in [-0.3, -0.25) is 0 Å². The average molecular weight is 94.9 g/mol. The number of hydrogen-bond donors (Lipinski definition) is 1. The Labute approximate surface area is 43.4 Å².